The van der Waals surface area contributed by atoms with Gasteiger partial charge in [-0.3, -0.25) is 4.68 Å². The summed E-state index contributed by atoms with van der Waals surface area (Å²) >= 11 is 0. The van der Waals surface area contributed by atoms with E-state index in [1.165, 1.54) is 7.11 Å². The third-order valence-corrected chi connectivity index (χ3v) is 3.81. The van der Waals surface area contributed by atoms with Gasteiger partial charge in [-0.2, -0.15) is 5.10 Å². The van der Waals surface area contributed by atoms with Crippen LogP contribution in [0.4, 0.5) is 0 Å². The van der Waals surface area contributed by atoms with Crippen molar-refractivity contribution in [2.45, 2.75) is 6.54 Å². The predicted octanol–water partition coefficient (Wildman–Crippen LogP) is 2.89. The summed E-state index contributed by atoms with van der Waals surface area (Å²) in [5.74, 6) is 1.07. The molecule has 0 saturated heterocycles. The van der Waals surface area contributed by atoms with E-state index in [-0.39, 0.29) is 5.97 Å². The molecule has 6 nitrogen and oxygen atoms in total. The third kappa shape index (κ3) is 3.03. The first kappa shape index (κ1) is 15.9. The molecule has 0 bridgehead atoms. The Kier molecular flexibility index (Phi) is 4.37. The number of carbonyl (C=O) groups is 1. The first-order valence-corrected chi connectivity index (χ1v) is 7.40. The molecule has 0 aliphatic carbocycles. The molecule has 3 rings (SSSR count). The zero-order valence-corrected chi connectivity index (χ0v) is 13.8. The highest BCUT2D eigenvalue weighted by Gasteiger charge is 2.10. The van der Waals surface area contributed by atoms with Crippen LogP contribution in [0.15, 0.2) is 42.6 Å². The number of hydrogen-bond donors (Lipinski definition) is 0. The summed E-state index contributed by atoms with van der Waals surface area (Å²) in [5.41, 5.74) is 2.34. The summed E-state index contributed by atoms with van der Waals surface area (Å²) in [5, 5.41) is 5.37. The molecular formula is C18H18N2O4. The second kappa shape index (κ2) is 6.62. The Balaban J connectivity index is 1.99. The number of nitrogens with zero attached hydrogens (tertiary/aromatic N) is 2. The molecule has 1 aromatic heterocycles. The first-order valence-electron chi connectivity index (χ1n) is 7.40. The van der Waals surface area contributed by atoms with E-state index in [2.05, 4.69) is 5.10 Å². The normalized spacial score (nSPS) is 10.6. The molecule has 0 saturated carbocycles. The number of hydrogen-bond acceptors (Lipinski definition) is 5. The summed E-state index contributed by atoms with van der Waals surface area (Å²) in [6, 6.07) is 11.1. The number of methoxy groups -OCH3 is 3. The van der Waals surface area contributed by atoms with E-state index in [4.69, 9.17) is 14.2 Å². The van der Waals surface area contributed by atoms with Crippen molar-refractivity contribution in [1.82, 2.24) is 9.78 Å². The van der Waals surface area contributed by atoms with Gasteiger partial charge >= 0.3 is 5.97 Å². The molecule has 0 N–H and O–H groups in total. The lowest BCUT2D eigenvalue weighted by Crippen LogP contribution is -2.04. The van der Waals surface area contributed by atoms with Crippen molar-refractivity contribution in [3.05, 3.63) is 53.7 Å². The fraction of sp³-hybridized carbons (Fsp3) is 0.222. The highest BCUT2D eigenvalue weighted by molar-refractivity contribution is 5.94. The minimum Gasteiger partial charge on any atom is -0.497 e. The third-order valence-electron chi connectivity index (χ3n) is 3.81. The fourth-order valence-electron chi connectivity index (χ4n) is 2.57. The topological polar surface area (TPSA) is 62.6 Å². The molecule has 0 fully saturated rings. The molecule has 0 unspecified atom stereocenters. The van der Waals surface area contributed by atoms with Crippen molar-refractivity contribution in [2.75, 3.05) is 21.3 Å². The van der Waals surface area contributed by atoms with Crippen molar-refractivity contribution in [3.8, 4) is 11.5 Å². The van der Waals surface area contributed by atoms with Gasteiger partial charge in [0.2, 0.25) is 0 Å². The molecule has 0 aliphatic rings. The average molecular weight is 326 g/mol. The summed E-state index contributed by atoms with van der Waals surface area (Å²) in [6.07, 6.45) is 1.77. The smallest absolute Gasteiger partial charge is 0.337 e. The Morgan fingerprint density at radius 2 is 1.75 bits per heavy atom. The maximum atomic E-state index is 11.7. The number of fused-ring (bicyclic) bond motifs is 1. The number of rotatable bonds is 5. The van der Waals surface area contributed by atoms with Crippen LogP contribution in [0.3, 0.4) is 0 Å². The molecular weight excluding hydrogens is 308 g/mol. The highest BCUT2D eigenvalue weighted by atomic mass is 16.5. The first-order chi connectivity index (χ1) is 11.6. The number of aromatic nitrogens is 2. The van der Waals surface area contributed by atoms with E-state index in [1.54, 1.807) is 32.5 Å². The predicted molar refractivity (Wildman–Crippen MR) is 89.7 cm³/mol. The van der Waals surface area contributed by atoms with Gasteiger partial charge in [-0.05, 0) is 29.8 Å². The number of carbonyl (C=O) groups excluding carboxylic acids is 1. The van der Waals surface area contributed by atoms with Crippen LogP contribution >= 0.6 is 0 Å². The van der Waals surface area contributed by atoms with Gasteiger partial charge in [0.15, 0.2) is 0 Å². The van der Waals surface area contributed by atoms with Gasteiger partial charge < -0.3 is 14.2 Å². The Hall–Kier alpha value is -3.02. The van der Waals surface area contributed by atoms with Crippen LogP contribution in [0.1, 0.15) is 15.9 Å². The van der Waals surface area contributed by atoms with E-state index in [9.17, 15) is 4.79 Å². The molecule has 0 spiro atoms. The molecule has 24 heavy (non-hydrogen) atoms. The van der Waals surface area contributed by atoms with Gasteiger partial charge in [0.1, 0.15) is 11.5 Å². The van der Waals surface area contributed by atoms with E-state index in [0.29, 0.717) is 12.1 Å². The highest BCUT2D eigenvalue weighted by Crippen LogP contribution is 2.24. The zero-order valence-electron chi connectivity index (χ0n) is 13.8. The molecule has 0 radical (unpaired) electrons. The largest absolute Gasteiger partial charge is 0.497 e. The maximum Gasteiger partial charge on any atom is 0.337 e. The zero-order chi connectivity index (χ0) is 17.1. The standard InChI is InChI=1S/C18H18N2O4/c1-22-15-6-12(7-16(9-15)23-2)11-20-17-8-13(18(21)24-3)4-5-14(17)10-19-20/h4-10H,11H2,1-3H3. The Labute approximate surface area is 139 Å². The quantitative estimate of drug-likeness (QED) is 0.675. The van der Waals surface area contributed by atoms with Crippen LogP contribution in [0.5, 0.6) is 11.5 Å². The Morgan fingerprint density at radius 3 is 2.38 bits per heavy atom. The molecule has 124 valence electrons. The molecule has 3 aromatic rings. The molecule has 6 heteroatoms. The monoisotopic (exact) mass is 326 g/mol. The van der Waals surface area contributed by atoms with Crippen molar-refractivity contribution in [1.29, 1.82) is 0 Å². The van der Waals surface area contributed by atoms with E-state index >= 15 is 0 Å². The second-order valence-corrected chi connectivity index (χ2v) is 5.29. The summed E-state index contributed by atoms with van der Waals surface area (Å²) in [6.45, 7) is 0.529. The summed E-state index contributed by atoms with van der Waals surface area (Å²) in [7, 11) is 4.60. The van der Waals surface area contributed by atoms with Gasteiger partial charge in [0.05, 0.1) is 45.2 Å². The van der Waals surface area contributed by atoms with Crippen LogP contribution in [0.25, 0.3) is 10.9 Å². The van der Waals surface area contributed by atoms with Crippen molar-refractivity contribution in [3.63, 3.8) is 0 Å². The second-order valence-electron chi connectivity index (χ2n) is 5.29. The van der Waals surface area contributed by atoms with Crippen LogP contribution in [0, 0.1) is 0 Å². The number of ether oxygens (including phenoxy) is 3. The number of esters is 1. The van der Waals surface area contributed by atoms with Gasteiger partial charge in [-0.15, -0.1) is 0 Å². The number of benzene rings is 2. The van der Waals surface area contributed by atoms with Crippen LogP contribution in [-0.2, 0) is 11.3 Å². The molecule has 0 aliphatic heterocycles. The van der Waals surface area contributed by atoms with Crippen molar-refractivity contribution in [2.24, 2.45) is 0 Å². The van der Waals surface area contributed by atoms with Gasteiger partial charge in [-0.1, -0.05) is 6.07 Å². The minimum atomic E-state index is -0.368. The lowest BCUT2D eigenvalue weighted by molar-refractivity contribution is 0.0601. The maximum absolute atomic E-state index is 11.7. The van der Waals surface area contributed by atoms with Crippen molar-refractivity contribution < 1.29 is 19.0 Å². The molecule has 1 heterocycles. The fourth-order valence-corrected chi connectivity index (χ4v) is 2.57. The molecule has 0 atom stereocenters. The van der Waals surface area contributed by atoms with E-state index < -0.39 is 0 Å². The minimum absolute atomic E-state index is 0.368. The molecule has 0 amide bonds. The lowest BCUT2D eigenvalue weighted by atomic mass is 10.1. The van der Waals surface area contributed by atoms with Crippen molar-refractivity contribution >= 4 is 16.9 Å². The lowest BCUT2D eigenvalue weighted by Gasteiger charge is -2.09. The van der Waals surface area contributed by atoms with Gasteiger partial charge in [0.25, 0.3) is 0 Å². The summed E-state index contributed by atoms with van der Waals surface area (Å²) in [4.78, 5) is 11.7. The van der Waals surface area contributed by atoms with Gasteiger partial charge in [0, 0.05) is 11.5 Å². The SMILES string of the molecule is COC(=O)c1ccc2cnn(Cc3cc(OC)cc(OC)c3)c2c1. The van der Waals surface area contributed by atoms with Crippen LogP contribution in [0.2, 0.25) is 0 Å². The van der Waals surface area contributed by atoms with E-state index in [1.807, 2.05) is 28.9 Å². The Morgan fingerprint density at radius 1 is 1.04 bits per heavy atom. The van der Waals surface area contributed by atoms with E-state index in [0.717, 1.165) is 28.0 Å². The van der Waals surface area contributed by atoms with Gasteiger partial charge in [-0.25, -0.2) is 4.79 Å². The average Bonchev–Trinajstić information content (AvgIpc) is 3.02. The molecule has 2 aromatic carbocycles. The van der Waals surface area contributed by atoms with Crippen LogP contribution < -0.4 is 9.47 Å². The summed E-state index contributed by atoms with van der Waals surface area (Å²) < 4.78 is 17.2. The Bertz CT molecular complexity index is 864. The van der Waals surface area contributed by atoms with Crippen LogP contribution in [-0.4, -0.2) is 37.1 Å².